The Labute approximate surface area is 155 Å². The van der Waals surface area contributed by atoms with Gasteiger partial charge in [0, 0.05) is 52.0 Å². The highest BCUT2D eigenvalue weighted by atomic mass is 19.4. The van der Waals surface area contributed by atoms with Crippen LogP contribution in [0.4, 0.5) is 18.0 Å². The molecule has 0 saturated carbocycles. The molecule has 27 heavy (non-hydrogen) atoms. The Morgan fingerprint density at radius 3 is 2.56 bits per heavy atom. The van der Waals surface area contributed by atoms with Gasteiger partial charge < -0.3 is 25.0 Å². The van der Waals surface area contributed by atoms with Gasteiger partial charge in [-0.1, -0.05) is 0 Å². The largest absolute Gasteiger partial charge is 0.424 e. The van der Waals surface area contributed by atoms with Crippen molar-refractivity contribution in [3.8, 4) is 0 Å². The fourth-order valence-electron chi connectivity index (χ4n) is 2.89. The van der Waals surface area contributed by atoms with Crippen LogP contribution in [0.25, 0.3) is 0 Å². The number of carbonyl (C=O) groups is 1. The van der Waals surface area contributed by atoms with Crippen molar-refractivity contribution >= 4 is 6.03 Å². The molecule has 1 atom stereocenters. The summed E-state index contributed by atoms with van der Waals surface area (Å²) in [6, 6.07) is -0.568. The molecule has 1 aliphatic heterocycles. The van der Waals surface area contributed by atoms with Gasteiger partial charge in [-0.25, -0.2) is 9.78 Å². The molecule has 0 aliphatic carbocycles. The number of nitrogens with zero attached hydrogens (tertiary/aromatic N) is 3. The van der Waals surface area contributed by atoms with Crippen molar-refractivity contribution in [1.29, 1.82) is 0 Å². The second-order valence-corrected chi connectivity index (χ2v) is 6.46. The number of urea groups is 1. The summed E-state index contributed by atoms with van der Waals surface area (Å²) in [7, 11) is 1.37. The van der Waals surface area contributed by atoms with Crippen LogP contribution < -0.4 is 10.6 Å². The second-order valence-electron chi connectivity index (χ2n) is 6.46. The number of rotatable bonds is 8. The van der Waals surface area contributed by atoms with E-state index in [9.17, 15) is 23.1 Å². The number of morpholine rings is 1. The number of carbonyl (C=O) groups excluding carboxylic acids is 1. The first kappa shape index (κ1) is 21.5. The lowest BCUT2D eigenvalue weighted by Gasteiger charge is -2.30. The topological polar surface area (TPSA) is 91.7 Å². The maximum absolute atomic E-state index is 13.4. The van der Waals surface area contributed by atoms with Gasteiger partial charge in [-0.2, -0.15) is 13.2 Å². The Morgan fingerprint density at radius 2 is 1.96 bits per heavy atom. The van der Waals surface area contributed by atoms with Gasteiger partial charge in [-0.15, -0.1) is 0 Å². The number of ether oxygens (including phenoxy) is 1. The minimum Gasteiger partial charge on any atom is -0.379 e. The van der Waals surface area contributed by atoms with Crippen LogP contribution in [0.2, 0.25) is 0 Å². The summed E-state index contributed by atoms with van der Waals surface area (Å²) in [6.45, 7) is 3.99. The summed E-state index contributed by atoms with van der Waals surface area (Å²) in [5, 5.41) is 15.1. The first-order valence-electron chi connectivity index (χ1n) is 8.83. The Balaban J connectivity index is 1.72. The number of aryl methyl sites for hydroxylation is 1. The Kier molecular flexibility index (Phi) is 7.45. The predicted octanol–water partition coefficient (Wildman–Crippen LogP) is 0.582. The predicted molar refractivity (Wildman–Crippen MR) is 91.1 cm³/mol. The lowest BCUT2D eigenvalue weighted by atomic mass is 9.97. The first-order chi connectivity index (χ1) is 12.7. The molecule has 0 aromatic carbocycles. The average molecular weight is 393 g/mol. The minimum absolute atomic E-state index is 0.349. The zero-order valence-corrected chi connectivity index (χ0v) is 15.3. The van der Waals surface area contributed by atoms with Gasteiger partial charge >= 0.3 is 12.2 Å². The van der Waals surface area contributed by atoms with Crippen LogP contribution in [-0.2, 0) is 17.4 Å². The molecule has 154 valence electrons. The van der Waals surface area contributed by atoms with Crippen LogP contribution in [0.15, 0.2) is 12.4 Å². The summed E-state index contributed by atoms with van der Waals surface area (Å²) in [5.74, 6) is -0.511. The van der Waals surface area contributed by atoms with Crippen molar-refractivity contribution in [2.24, 2.45) is 7.05 Å². The monoisotopic (exact) mass is 393 g/mol. The van der Waals surface area contributed by atoms with E-state index in [2.05, 4.69) is 20.5 Å². The molecule has 8 nitrogen and oxygen atoms in total. The van der Waals surface area contributed by atoms with Crippen molar-refractivity contribution in [2.45, 2.75) is 24.6 Å². The molecule has 1 aliphatic rings. The highest BCUT2D eigenvalue weighted by molar-refractivity contribution is 5.73. The molecule has 0 radical (unpaired) electrons. The quantitative estimate of drug-likeness (QED) is 0.562. The zero-order chi connectivity index (χ0) is 19.9. The number of imidazole rings is 1. The molecule has 0 spiro atoms. The van der Waals surface area contributed by atoms with Crippen LogP contribution in [-0.4, -0.2) is 77.7 Å². The maximum atomic E-state index is 13.4. The number of hydrogen-bond donors (Lipinski definition) is 3. The van der Waals surface area contributed by atoms with Crippen LogP contribution >= 0.6 is 0 Å². The van der Waals surface area contributed by atoms with E-state index in [1.54, 1.807) is 0 Å². The number of alkyl halides is 3. The maximum Gasteiger partial charge on any atom is 0.424 e. The van der Waals surface area contributed by atoms with Gasteiger partial charge in [0.25, 0.3) is 0 Å². The van der Waals surface area contributed by atoms with Gasteiger partial charge in [0.15, 0.2) is 0 Å². The molecule has 2 heterocycles. The number of aromatic nitrogens is 2. The lowest BCUT2D eigenvalue weighted by Crippen LogP contribution is -2.47. The Bertz CT molecular complexity index is 604. The smallest absolute Gasteiger partial charge is 0.379 e. The van der Waals surface area contributed by atoms with Gasteiger partial charge in [0.1, 0.15) is 5.82 Å². The molecule has 1 aromatic heterocycles. The molecule has 3 N–H and O–H groups in total. The van der Waals surface area contributed by atoms with Crippen LogP contribution in [0, 0.1) is 0 Å². The van der Waals surface area contributed by atoms with E-state index in [0.29, 0.717) is 19.8 Å². The summed E-state index contributed by atoms with van der Waals surface area (Å²) in [5.41, 5.74) is -3.13. The number of halogens is 3. The van der Waals surface area contributed by atoms with E-state index in [1.807, 2.05) is 0 Å². The molecule has 11 heteroatoms. The molecule has 2 rings (SSSR count). The lowest BCUT2D eigenvalue weighted by molar-refractivity contribution is -0.272. The number of aliphatic hydroxyl groups is 1. The Morgan fingerprint density at radius 1 is 1.30 bits per heavy atom. The van der Waals surface area contributed by atoms with E-state index in [0.717, 1.165) is 30.6 Å². The van der Waals surface area contributed by atoms with Gasteiger partial charge in [-0.05, 0) is 13.0 Å². The fraction of sp³-hybridized carbons (Fsp3) is 0.750. The Hall–Kier alpha value is -1.85. The van der Waals surface area contributed by atoms with Crippen LogP contribution in [0.3, 0.4) is 0 Å². The fourth-order valence-corrected chi connectivity index (χ4v) is 2.89. The van der Waals surface area contributed by atoms with E-state index < -0.39 is 30.1 Å². The molecular weight excluding hydrogens is 367 g/mol. The molecular formula is C16H26F3N5O3. The highest BCUT2D eigenvalue weighted by Gasteiger charge is 2.57. The minimum atomic E-state index is -4.91. The summed E-state index contributed by atoms with van der Waals surface area (Å²) < 4.78 is 46.4. The molecule has 2 amide bonds. The highest BCUT2D eigenvalue weighted by Crippen LogP contribution is 2.40. The summed E-state index contributed by atoms with van der Waals surface area (Å²) >= 11 is 0. The molecule has 1 fully saturated rings. The third-order valence-corrected chi connectivity index (χ3v) is 4.47. The summed E-state index contributed by atoms with van der Waals surface area (Å²) in [6.07, 6.45) is -2.42. The van der Waals surface area contributed by atoms with Crippen molar-refractivity contribution in [3.05, 3.63) is 18.2 Å². The van der Waals surface area contributed by atoms with Crippen molar-refractivity contribution in [1.82, 2.24) is 25.1 Å². The van der Waals surface area contributed by atoms with E-state index >= 15 is 0 Å². The second kappa shape index (κ2) is 9.38. The van der Waals surface area contributed by atoms with Gasteiger partial charge in [0.2, 0.25) is 5.60 Å². The zero-order valence-electron chi connectivity index (χ0n) is 15.3. The van der Waals surface area contributed by atoms with Crippen LogP contribution in [0.5, 0.6) is 0 Å². The SMILES string of the molecule is Cn1ccnc1C(O)(CCNC(=O)NCCCN1CCOCC1)C(F)(F)F. The normalized spacial score (nSPS) is 18.1. The third-order valence-electron chi connectivity index (χ3n) is 4.47. The summed E-state index contributed by atoms with van der Waals surface area (Å²) in [4.78, 5) is 17.6. The van der Waals surface area contributed by atoms with Crippen molar-refractivity contribution < 1.29 is 27.8 Å². The first-order valence-corrected chi connectivity index (χ1v) is 8.83. The van der Waals surface area contributed by atoms with E-state index in [1.165, 1.54) is 19.4 Å². The van der Waals surface area contributed by atoms with E-state index in [-0.39, 0.29) is 6.54 Å². The molecule has 1 saturated heterocycles. The number of nitrogens with one attached hydrogen (secondary N) is 2. The van der Waals surface area contributed by atoms with Crippen molar-refractivity contribution in [2.75, 3.05) is 45.9 Å². The number of amides is 2. The van der Waals surface area contributed by atoms with E-state index in [4.69, 9.17) is 4.74 Å². The van der Waals surface area contributed by atoms with Gasteiger partial charge in [-0.3, -0.25) is 4.90 Å². The molecule has 1 unspecified atom stereocenters. The third kappa shape index (κ3) is 5.81. The van der Waals surface area contributed by atoms with Crippen molar-refractivity contribution in [3.63, 3.8) is 0 Å². The standard InChI is InChI=1S/C16H26F3N5O3/c1-23-8-6-20-13(23)15(26,16(17,18)19)3-5-22-14(25)21-4-2-7-24-9-11-27-12-10-24/h6,8,26H,2-5,7,9-12H2,1H3,(H2,21,22,25). The molecule has 0 bridgehead atoms. The molecule has 1 aromatic rings. The average Bonchev–Trinajstić information content (AvgIpc) is 3.05. The van der Waals surface area contributed by atoms with Gasteiger partial charge in [0.05, 0.1) is 13.2 Å². The van der Waals surface area contributed by atoms with Crippen LogP contribution in [0.1, 0.15) is 18.7 Å². The number of hydrogen-bond acceptors (Lipinski definition) is 5.